The van der Waals surface area contributed by atoms with E-state index in [1.807, 2.05) is 79.7 Å². The number of hydrogen-bond donors (Lipinski definition) is 3. The van der Waals surface area contributed by atoms with Gasteiger partial charge in [0.1, 0.15) is 0 Å². The third-order valence-corrected chi connectivity index (χ3v) is 3.95. The topological polar surface area (TPSA) is 70.2 Å². The first-order valence-electron chi connectivity index (χ1n) is 8.62. The lowest BCUT2D eigenvalue weighted by Gasteiger charge is -2.10. The van der Waals surface area contributed by atoms with Crippen LogP contribution in [0, 0.1) is 6.92 Å². The molecule has 0 heterocycles. The molecule has 0 atom stereocenters. The zero-order chi connectivity index (χ0) is 19.2. The molecule has 0 spiro atoms. The van der Waals surface area contributed by atoms with Crippen molar-refractivity contribution in [2.24, 2.45) is 0 Å². The van der Waals surface area contributed by atoms with Crippen molar-refractivity contribution < 1.29 is 9.59 Å². The lowest BCUT2D eigenvalue weighted by molar-refractivity contribution is -0.114. The Hall–Kier alpha value is -3.60. The molecular formula is C22H21N3O2. The molecule has 0 aliphatic carbocycles. The highest BCUT2D eigenvalue weighted by molar-refractivity contribution is 6.04. The number of anilines is 4. The molecule has 3 aromatic rings. The Kier molecular flexibility index (Phi) is 5.52. The molecule has 0 radical (unpaired) electrons. The maximum Gasteiger partial charge on any atom is 0.255 e. The van der Waals surface area contributed by atoms with E-state index in [1.54, 1.807) is 0 Å². The van der Waals surface area contributed by atoms with Gasteiger partial charge in [-0.1, -0.05) is 17.7 Å². The van der Waals surface area contributed by atoms with Crippen LogP contribution in [-0.2, 0) is 4.79 Å². The van der Waals surface area contributed by atoms with Gasteiger partial charge in [0.2, 0.25) is 5.91 Å². The minimum absolute atomic E-state index is 0.0982. The zero-order valence-corrected chi connectivity index (χ0v) is 15.2. The van der Waals surface area contributed by atoms with Crippen LogP contribution in [0.1, 0.15) is 22.8 Å². The first kappa shape index (κ1) is 18.2. The van der Waals surface area contributed by atoms with E-state index >= 15 is 0 Å². The van der Waals surface area contributed by atoms with E-state index < -0.39 is 0 Å². The molecule has 136 valence electrons. The van der Waals surface area contributed by atoms with Crippen LogP contribution in [0.15, 0.2) is 72.8 Å². The molecule has 5 heteroatoms. The molecule has 0 unspecified atom stereocenters. The minimum Gasteiger partial charge on any atom is -0.356 e. The number of amides is 2. The van der Waals surface area contributed by atoms with Crippen LogP contribution in [0.3, 0.4) is 0 Å². The molecule has 0 saturated heterocycles. The summed E-state index contributed by atoms with van der Waals surface area (Å²) in [5.41, 5.74) is 5.03. The molecule has 2 amide bonds. The van der Waals surface area contributed by atoms with Crippen LogP contribution in [0.2, 0.25) is 0 Å². The van der Waals surface area contributed by atoms with Crippen molar-refractivity contribution in [3.63, 3.8) is 0 Å². The molecule has 0 saturated carbocycles. The van der Waals surface area contributed by atoms with E-state index in [2.05, 4.69) is 16.0 Å². The van der Waals surface area contributed by atoms with E-state index in [1.165, 1.54) is 6.92 Å². The van der Waals surface area contributed by atoms with Gasteiger partial charge in [-0.05, 0) is 67.6 Å². The number of benzene rings is 3. The average molecular weight is 359 g/mol. The van der Waals surface area contributed by atoms with Gasteiger partial charge in [0.05, 0.1) is 0 Å². The molecule has 3 aromatic carbocycles. The summed E-state index contributed by atoms with van der Waals surface area (Å²) in [6.45, 7) is 3.46. The second kappa shape index (κ2) is 8.19. The van der Waals surface area contributed by atoms with E-state index in [4.69, 9.17) is 0 Å². The third-order valence-electron chi connectivity index (χ3n) is 3.95. The van der Waals surface area contributed by atoms with Gasteiger partial charge in [0.25, 0.3) is 5.91 Å². The average Bonchev–Trinajstić information content (AvgIpc) is 2.65. The Bertz CT molecular complexity index is 931. The highest BCUT2D eigenvalue weighted by Gasteiger charge is 2.05. The molecule has 0 aliphatic heterocycles. The molecule has 0 fully saturated rings. The van der Waals surface area contributed by atoms with Gasteiger partial charge in [0.15, 0.2) is 0 Å². The Labute approximate surface area is 158 Å². The van der Waals surface area contributed by atoms with E-state index in [0.29, 0.717) is 5.56 Å². The van der Waals surface area contributed by atoms with Gasteiger partial charge in [-0.15, -0.1) is 0 Å². The van der Waals surface area contributed by atoms with Crippen molar-refractivity contribution in [2.75, 3.05) is 16.0 Å². The fourth-order valence-corrected chi connectivity index (χ4v) is 2.55. The Morgan fingerprint density at radius 3 is 1.56 bits per heavy atom. The van der Waals surface area contributed by atoms with Gasteiger partial charge in [0, 0.05) is 35.2 Å². The molecule has 0 aromatic heterocycles. The first-order chi connectivity index (χ1) is 13.0. The normalized spacial score (nSPS) is 10.1. The van der Waals surface area contributed by atoms with Gasteiger partial charge in [-0.25, -0.2) is 0 Å². The number of carbonyl (C=O) groups is 2. The van der Waals surface area contributed by atoms with Crippen LogP contribution in [0.25, 0.3) is 0 Å². The molecule has 3 N–H and O–H groups in total. The summed E-state index contributed by atoms with van der Waals surface area (Å²) in [5.74, 6) is -0.233. The summed E-state index contributed by atoms with van der Waals surface area (Å²) in [6.07, 6.45) is 0. The number of nitrogens with one attached hydrogen (secondary N) is 3. The van der Waals surface area contributed by atoms with Crippen molar-refractivity contribution >= 4 is 34.6 Å². The maximum absolute atomic E-state index is 12.3. The fourth-order valence-electron chi connectivity index (χ4n) is 2.55. The van der Waals surface area contributed by atoms with Crippen molar-refractivity contribution in [1.82, 2.24) is 0 Å². The van der Waals surface area contributed by atoms with Crippen molar-refractivity contribution in [1.29, 1.82) is 0 Å². The summed E-state index contributed by atoms with van der Waals surface area (Å²) < 4.78 is 0. The van der Waals surface area contributed by atoms with Crippen molar-refractivity contribution in [3.8, 4) is 0 Å². The number of aryl methyl sites for hydroxylation is 1. The quantitative estimate of drug-likeness (QED) is 0.604. The van der Waals surface area contributed by atoms with Crippen molar-refractivity contribution in [2.45, 2.75) is 13.8 Å². The number of hydrogen-bond acceptors (Lipinski definition) is 3. The van der Waals surface area contributed by atoms with Crippen LogP contribution < -0.4 is 16.0 Å². The monoisotopic (exact) mass is 359 g/mol. The largest absolute Gasteiger partial charge is 0.356 e. The van der Waals surface area contributed by atoms with E-state index in [9.17, 15) is 9.59 Å². The Morgan fingerprint density at radius 2 is 1.07 bits per heavy atom. The molecule has 27 heavy (non-hydrogen) atoms. The summed E-state index contributed by atoms with van der Waals surface area (Å²) in [7, 11) is 0. The van der Waals surface area contributed by atoms with E-state index in [0.717, 1.165) is 28.3 Å². The molecule has 5 nitrogen and oxygen atoms in total. The second-order valence-electron chi connectivity index (χ2n) is 6.28. The predicted octanol–water partition coefficient (Wildman–Crippen LogP) is 4.95. The smallest absolute Gasteiger partial charge is 0.255 e. The standard InChI is InChI=1S/C22H21N3O2/c1-15-3-5-17(6-4-15)22(27)25-21-13-11-20(12-14-21)24-19-9-7-18(8-10-19)23-16(2)26/h3-14,24H,1-2H3,(H,23,26)(H,25,27). The summed E-state index contributed by atoms with van der Waals surface area (Å²) in [6, 6.07) is 22.4. The summed E-state index contributed by atoms with van der Waals surface area (Å²) in [5, 5.41) is 8.90. The van der Waals surface area contributed by atoms with Crippen LogP contribution in [-0.4, -0.2) is 11.8 Å². The molecule has 0 bridgehead atoms. The Balaban J connectivity index is 1.60. The SMILES string of the molecule is CC(=O)Nc1ccc(Nc2ccc(NC(=O)c3ccc(C)cc3)cc2)cc1. The molecular weight excluding hydrogens is 338 g/mol. The van der Waals surface area contributed by atoms with Gasteiger partial charge in [-0.3, -0.25) is 9.59 Å². The van der Waals surface area contributed by atoms with Gasteiger partial charge >= 0.3 is 0 Å². The van der Waals surface area contributed by atoms with E-state index in [-0.39, 0.29) is 11.8 Å². The van der Waals surface area contributed by atoms with Crippen LogP contribution in [0.4, 0.5) is 22.7 Å². The van der Waals surface area contributed by atoms with Crippen molar-refractivity contribution in [3.05, 3.63) is 83.9 Å². The lowest BCUT2D eigenvalue weighted by Crippen LogP contribution is -2.11. The lowest BCUT2D eigenvalue weighted by atomic mass is 10.1. The van der Waals surface area contributed by atoms with Gasteiger partial charge < -0.3 is 16.0 Å². The maximum atomic E-state index is 12.3. The Morgan fingerprint density at radius 1 is 0.630 bits per heavy atom. The molecule has 3 rings (SSSR count). The summed E-state index contributed by atoms with van der Waals surface area (Å²) >= 11 is 0. The number of rotatable bonds is 5. The third kappa shape index (κ3) is 5.19. The highest BCUT2D eigenvalue weighted by Crippen LogP contribution is 2.21. The predicted molar refractivity (Wildman–Crippen MR) is 110 cm³/mol. The first-order valence-corrected chi connectivity index (χ1v) is 8.62. The van der Waals surface area contributed by atoms with Gasteiger partial charge in [-0.2, -0.15) is 0 Å². The molecule has 0 aliphatic rings. The van der Waals surface area contributed by atoms with Crippen LogP contribution >= 0.6 is 0 Å². The summed E-state index contributed by atoms with van der Waals surface area (Å²) in [4.78, 5) is 23.3. The minimum atomic E-state index is -0.135. The second-order valence-corrected chi connectivity index (χ2v) is 6.28. The highest BCUT2D eigenvalue weighted by atomic mass is 16.2. The fraction of sp³-hybridized carbons (Fsp3) is 0.0909. The number of carbonyl (C=O) groups excluding carboxylic acids is 2. The van der Waals surface area contributed by atoms with Crippen LogP contribution in [0.5, 0.6) is 0 Å². The zero-order valence-electron chi connectivity index (χ0n) is 15.2.